The lowest BCUT2D eigenvalue weighted by atomic mass is 10.2. The highest BCUT2D eigenvalue weighted by molar-refractivity contribution is 9.11. The summed E-state index contributed by atoms with van der Waals surface area (Å²) in [5, 5.41) is 14.2. The van der Waals surface area contributed by atoms with E-state index >= 15 is 0 Å². The first-order valence-corrected chi connectivity index (χ1v) is 9.05. The molecule has 2 aromatic carbocycles. The minimum atomic E-state index is -0.518. The molecule has 0 aliphatic rings. The zero-order valence-electron chi connectivity index (χ0n) is 12.8. The summed E-state index contributed by atoms with van der Waals surface area (Å²) in [6.45, 7) is 0. The van der Waals surface area contributed by atoms with Gasteiger partial charge in [0.25, 0.3) is 5.91 Å². The van der Waals surface area contributed by atoms with Crippen molar-refractivity contribution in [3.63, 3.8) is 0 Å². The van der Waals surface area contributed by atoms with Gasteiger partial charge in [-0.2, -0.15) is 5.10 Å². The van der Waals surface area contributed by atoms with E-state index in [1.807, 2.05) is 0 Å². The van der Waals surface area contributed by atoms with Crippen molar-refractivity contribution in [3.8, 4) is 5.75 Å². The third-order valence-electron chi connectivity index (χ3n) is 3.41. The number of hydrogen-bond acceptors (Lipinski definition) is 5. The molecule has 26 heavy (non-hydrogen) atoms. The average molecular weight is 501 g/mol. The first-order valence-electron chi connectivity index (χ1n) is 7.09. The van der Waals surface area contributed by atoms with Gasteiger partial charge < -0.3 is 9.52 Å². The molecule has 0 saturated heterocycles. The van der Waals surface area contributed by atoms with Gasteiger partial charge in [0, 0.05) is 10.6 Å². The van der Waals surface area contributed by atoms with Crippen LogP contribution in [-0.2, 0) is 0 Å². The molecule has 0 fully saturated rings. The van der Waals surface area contributed by atoms with Gasteiger partial charge in [0.2, 0.25) is 5.43 Å². The lowest BCUT2D eigenvalue weighted by molar-refractivity contribution is 0.0955. The number of phenolic OH excluding ortho intramolecular Hbond substituents is 1. The Morgan fingerprint density at radius 1 is 1.23 bits per heavy atom. The molecule has 2 N–H and O–H groups in total. The monoisotopic (exact) mass is 498 g/mol. The van der Waals surface area contributed by atoms with Crippen LogP contribution in [0.4, 0.5) is 0 Å². The van der Waals surface area contributed by atoms with Gasteiger partial charge in [-0.3, -0.25) is 9.59 Å². The smallest absolute Gasteiger partial charge is 0.271 e. The van der Waals surface area contributed by atoms with Crippen LogP contribution in [0.25, 0.3) is 11.0 Å². The maximum absolute atomic E-state index is 12.4. The Balaban J connectivity index is 1.83. The summed E-state index contributed by atoms with van der Waals surface area (Å²) in [6.07, 6.45) is 2.44. The summed E-state index contributed by atoms with van der Waals surface area (Å²) in [6, 6.07) is 7.61. The third kappa shape index (κ3) is 3.82. The molecule has 6 nitrogen and oxygen atoms in total. The molecule has 1 aromatic heterocycles. The van der Waals surface area contributed by atoms with Gasteiger partial charge in [-0.05, 0) is 62.2 Å². The molecule has 0 atom stereocenters. The molecule has 0 unspecified atom stereocenters. The Kier molecular flexibility index (Phi) is 5.45. The van der Waals surface area contributed by atoms with Gasteiger partial charge in [-0.15, -0.1) is 0 Å². The summed E-state index contributed by atoms with van der Waals surface area (Å²) in [5.41, 5.74) is 2.81. The van der Waals surface area contributed by atoms with Gasteiger partial charge in [0.15, 0.2) is 0 Å². The minimum absolute atomic E-state index is 0.0162. The number of phenols is 1. The van der Waals surface area contributed by atoms with E-state index in [2.05, 4.69) is 42.4 Å². The van der Waals surface area contributed by atoms with Crippen molar-refractivity contribution in [1.29, 1.82) is 0 Å². The lowest BCUT2D eigenvalue weighted by Crippen LogP contribution is -2.18. The highest BCUT2D eigenvalue weighted by atomic mass is 79.9. The Hall–Kier alpha value is -2.16. The van der Waals surface area contributed by atoms with Crippen LogP contribution in [0.5, 0.6) is 5.75 Å². The van der Waals surface area contributed by atoms with Crippen molar-refractivity contribution < 1.29 is 14.3 Å². The van der Waals surface area contributed by atoms with E-state index in [0.717, 1.165) is 0 Å². The van der Waals surface area contributed by atoms with Crippen LogP contribution in [0.3, 0.4) is 0 Å². The number of hydrogen-bond donors (Lipinski definition) is 2. The minimum Gasteiger partial charge on any atom is -0.506 e. The summed E-state index contributed by atoms with van der Waals surface area (Å²) >= 11 is 12.2. The highest BCUT2D eigenvalue weighted by Gasteiger charge is 2.11. The number of amides is 1. The molecule has 0 aliphatic heterocycles. The molecule has 1 amide bonds. The number of benzene rings is 2. The number of rotatable bonds is 3. The zero-order chi connectivity index (χ0) is 18.8. The summed E-state index contributed by atoms with van der Waals surface area (Å²) in [4.78, 5) is 24.5. The van der Waals surface area contributed by atoms with E-state index in [-0.39, 0.29) is 22.3 Å². The predicted octanol–water partition coefficient (Wildman–Crippen LogP) is 4.44. The molecule has 0 bridgehead atoms. The predicted molar refractivity (Wildman–Crippen MR) is 106 cm³/mol. The number of fused-ring (bicyclic) bond motifs is 1. The summed E-state index contributed by atoms with van der Waals surface area (Å²) in [5.74, 6) is -0.534. The first kappa shape index (κ1) is 18.6. The molecule has 0 saturated carbocycles. The lowest BCUT2D eigenvalue weighted by Gasteiger charge is -2.04. The van der Waals surface area contributed by atoms with Gasteiger partial charge in [-0.25, -0.2) is 5.43 Å². The van der Waals surface area contributed by atoms with E-state index in [4.69, 9.17) is 16.0 Å². The second kappa shape index (κ2) is 7.61. The first-order chi connectivity index (χ1) is 12.4. The van der Waals surface area contributed by atoms with E-state index in [1.54, 1.807) is 12.1 Å². The van der Waals surface area contributed by atoms with Crippen LogP contribution in [0.15, 0.2) is 59.9 Å². The molecule has 0 spiro atoms. The van der Waals surface area contributed by atoms with Crippen molar-refractivity contribution in [2.24, 2.45) is 5.10 Å². The number of nitrogens with zero attached hydrogens (tertiary/aromatic N) is 1. The summed E-state index contributed by atoms with van der Waals surface area (Å²) < 4.78 is 6.07. The van der Waals surface area contributed by atoms with E-state index in [0.29, 0.717) is 24.9 Å². The van der Waals surface area contributed by atoms with Crippen molar-refractivity contribution in [3.05, 3.63) is 71.9 Å². The highest BCUT2D eigenvalue weighted by Crippen LogP contribution is 2.33. The standard InChI is InChI=1S/C17H9Br2ClN2O4/c18-12-3-8(4-13(19)16(12)24)17(25)22-21-6-9-7-26-14-2-1-10(20)5-11(14)15(9)23/h1-7,24H,(H,22,25)/b21-6+. The molecule has 1 heterocycles. The third-order valence-corrected chi connectivity index (χ3v) is 4.85. The van der Waals surface area contributed by atoms with E-state index in [1.165, 1.54) is 30.7 Å². The number of nitrogens with one attached hydrogen (secondary N) is 1. The van der Waals surface area contributed by atoms with Crippen LogP contribution < -0.4 is 10.9 Å². The Labute approximate surface area is 168 Å². The van der Waals surface area contributed by atoms with Crippen LogP contribution >= 0.6 is 43.5 Å². The van der Waals surface area contributed by atoms with Crippen LogP contribution in [0.1, 0.15) is 15.9 Å². The molecule has 132 valence electrons. The number of hydrazone groups is 1. The Morgan fingerprint density at radius 2 is 1.92 bits per heavy atom. The molecule has 0 aliphatic carbocycles. The maximum atomic E-state index is 12.4. The van der Waals surface area contributed by atoms with Gasteiger partial charge >= 0.3 is 0 Å². The SMILES string of the molecule is O=C(N/N=C/c1coc2ccc(Cl)cc2c1=O)c1cc(Br)c(O)c(Br)c1. The fraction of sp³-hybridized carbons (Fsp3) is 0. The van der Waals surface area contributed by atoms with E-state index < -0.39 is 5.91 Å². The maximum Gasteiger partial charge on any atom is 0.271 e. The van der Waals surface area contributed by atoms with Crippen LogP contribution in [0.2, 0.25) is 5.02 Å². The normalized spacial score (nSPS) is 11.2. The molecular formula is C17H9Br2ClN2O4. The molecule has 3 aromatic rings. The molecular weight excluding hydrogens is 491 g/mol. The summed E-state index contributed by atoms with van der Waals surface area (Å²) in [7, 11) is 0. The van der Waals surface area contributed by atoms with Gasteiger partial charge in [0.05, 0.1) is 26.1 Å². The number of halogens is 3. The van der Waals surface area contributed by atoms with Crippen LogP contribution in [0, 0.1) is 0 Å². The quantitative estimate of drug-likeness (QED) is 0.411. The van der Waals surface area contributed by atoms with Crippen LogP contribution in [-0.4, -0.2) is 17.2 Å². The number of carbonyl (C=O) groups is 1. The fourth-order valence-corrected chi connectivity index (χ4v) is 3.49. The van der Waals surface area contributed by atoms with Crippen molar-refractivity contribution in [2.75, 3.05) is 0 Å². The van der Waals surface area contributed by atoms with Crippen molar-refractivity contribution in [1.82, 2.24) is 5.43 Å². The Bertz CT molecular complexity index is 1090. The fourth-order valence-electron chi connectivity index (χ4n) is 2.13. The number of carbonyl (C=O) groups excluding carboxylic acids is 1. The topological polar surface area (TPSA) is 91.9 Å². The average Bonchev–Trinajstić information content (AvgIpc) is 2.61. The second-order valence-corrected chi connectivity index (χ2v) is 7.29. The second-order valence-electron chi connectivity index (χ2n) is 5.15. The largest absolute Gasteiger partial charge is 0.506 e. The van der Waals surface area contributed by atoms with Crippen molar-refractivity contribution in [2.45, 2.75) is 0 Å². The van der Waals surface area contributed by atoms with Gasteiger partial charge in [0.1, 0.15) is 17.6 Å². The number of aromatic hydroxyl groups is 1. The zero-order valence-corrected chi connectivity index (χ0v) is 16.7. The van der Waals surface area contributed by atoms with E-state index in [9.17, 15) is 14.7 Å². The Morgan fingerprint density at radius 3 is 2.62 bits per heavy atom. The van der Waals surface area contributed by atoms with Crippen molar-refractivity contribution >= 4 is 66.6 Å². The molecule has 3 rings (SSSR count). The molecule has 9 heteroatoms. The van der Waals surface area contributed by atoms with Gasteiger partial charge in [-0.1, -0.05) is 11.6 Å². The molecule has 0 radical (unpaired) electrons.